The summed E-state index contributed by atoms with van der Waals surface area (Å²) in [5, 5.41) is 16.4. The standard InChI is InChI=1S/C13H11FN2O4S/c14-9-5-10(7-12(6-9)21(15,19)20)16-13(18)8-1-3-11(17)4-2-8/h1-7,17H,(H,16,18)(H2,15,19,20). The number of carbonyl (C=O) groups is 1. The topological polar surface area (TPSA) is 109 Å². The van der Waals surface area contributed by atoms with E-state index in [9.17, 15) is 17.6 Å². The van der Waals surface area contributed by atoms with E-state index in [1.165, 1.54) is 24.3 Å². The van der Waals surface area contributed by atoms with Crippen LogP contribution in [-0.2, 0) is 10.0 Å². The SMILES string of the molecule is NS(=O)(=O)c1cc(F)cc(NC(=O)c2ccc(O)cc2)c1. The number of phenols is 1. The highest BCUT2D eigenvalue weighted by Gasteiger charge is 2.13. The number of primary sulfonamides is 1. The molecule has 0 bridgehead atoms. The number of halogens is 1. The van der Waals surface area contributed by atoms with Crippen molar-refractivity contribution in [2.45, 2.75) is 4.90 Å². The fourth-order valence-electron chi connectivity index (χ4n) is 1.62. The van der Waals surface area contributed by atoms with Gasteiger partial charge in [0.1, 0.15) is 11.6 Å². The van der Waals surface area contributed by atoms with Gasteiger partial charge in [-0.05, 0) is 42.5 Å². The Hall–Kier alpha value is -2.45. The van der Waals surface area contributed by atoms with Crippen molar-refractivity contribution in [3.8, 4) is 5.75 Å². The Morgan fingerprint density at radius 3 is 2.33 bits per heavy atom. The molecule has 0 spiro atoms. The summed E-state index contributed by atoms with van der Waals surface area (Å²) in [5.74, 6) is -1.43. The Bertz CT molecular complexity index is 788. The first kappa shape index (κ1) is 14.9. The van der Waals surface area contributed by atoms with Crippen LogP contribution in [-0.4, -0.2) is 19.4 Å². The number of hydrogen-bond donors (Lipinski definition) is 3. The van der Waals surface area contributed by atoms with Crippen LogP contribution in [0.4, 0.5) is 10.1 Å². The Morgan fingerprint density at radius 1 is 1.14 bits per heavy atom. The lowest BCUT2D eigenvalue weighted by Gasteiger charge is -2.07. The Morgan fingerprint density at radius 2 is 1.76 bits per heavy atom. The first-order valence-corrected chi connectivity index (χ1v) is 7.24. The molecule has 0 radical (unpaired) electrons. The second-order valence-corrected chi connectivity index (χ2v) is 5.78. The molecule has 0 saturated heterocycles. The van der Waals surface area contributed by atoms with Crippen molar-refractivity contribution in [2.75, 3.05) is 5.32 Å². The van der Waals surface area contributed by atoms with Gasteiger partial charge in [0.25, 0.3) is 5.91 Å². The highest BCUT2D eigenvalue weighted by molar-refractivity contribution is 7.89. The molecule has 8 heteroatoms. The third kappa shape index (κ3) is 3.77. The van der Waals surface area contributed by atoms with Crippen LogP contribution < -0.4 is 10.5 Å². The van der Waals surface area contributed by atoms with Gasteiger partial charge >= 0.3 is 0 Å². The molecule has 0 unspecified atom stereocenters. The number of sulfonamides is 1. The fraction of sp³-hybridized carbons (Fsp3) is 0. The summed E-state index contributed by atoms with van der Waals surface area (Å²) in [7, 11) is -4.08. The second-order valence-electron chi connectivity index (χ2n) is 4.22. The number of aromatic hydroxyl groups is 1. The van der Waals surface area contributed by atoms with Gasteiger partial charge in [-0.15, -0.1) is 0 Å². The van der Waals surface area contributed by atoms with Crippen LogP contribution in [0, 0.1) is 5.82 Å². The Labute approximate surface area is 120 Å². The van der Waals surface area contributed by atoms with Crippen LogP contribution in [0.15, 0.2) is 47.4 Å². The van der Waals surface area contributed by atoms with Crippen molar-refractivity contribution < 1.29 is 22.7 Å². The maximum atomic E-state index is 13.4. The van der Waals surface area contributed by atoms with Crippen molar-refractivity contribution in [3.05, 3.63) is 53.8 Å². The third-order valence-electron chi connectivity index (χ3n) is 2.59. The van der Waals surface area contributed by atoms with Gasteiger partial charge in [-0.1, -0.05) is 0 Å². The van der Waals surface area contributed by atoms with E-state index < -0.39 is 26.6 Å². The lowest BCUT2D eigenvalue weighted by Crippen LogP contribution is -2.15. The van der Waals surface area contributed by atoms with Gasteiger partial charge in [-0.25, -0.2) is 17.9 Å². The van der Waals surface area contributed by atoms with E-state index in [4.69, 9.17) is 10.2 Å². The van der Waals surface area contributed by atoms with Crippen molar-refractivity contribution in [1.29, 1.82) is 0 Å². The maximum absolute atomic E-state index is 13.4. The molecule has 2 aromatic carbocycles. The van der Waals surface area contributed by atoms with Gasteiger partial charge in [0, 0.05) is 11.3 Å². The molecule has 0 aliphatic heterocycles. The smallest absolute Gasteiger partial charge is 0.255 e. The zero-order valence-electron chi connectivity index (χ0n) is 10.6. The molecule has 0 aromatic heterocycles. The average Bonchev–Trinajstić information content (AvgIpc) is 2.37. The fourth-order valence-corrected chi connectivity index (χ4v) is 2.18. The number of anilines is 1. The summed E-state index contributed by atoms with van der Waals surface area (Å²) in [4.78, 5) is 11.5. The number of benzene rings is 2. The second kappa shape index (κ2) is 5.51. The lowest BCUT2D eigenvalue weighted by atomic mass is 10.2. The summed E-state index contributed by atoms with van der Waals surface area (Å²) in [5.41, 5.74) is 0.173. The molecular formula is C13H11FN2O4S. The van der Waals surface area contributed by atoms with E-state index >= 15 is 0 Å². The van der Waals surface area contributed by atoms with Crippen LogP contribution in [0.5, 0.6) is 5.75 Å². The van der Waals surface area contributed by atoms with Crippen LogP contribution in [0.25, 0.3) is 0 Å². The van der Waals surface area contributed by atoms with E-state index in [0.29, 0.717) is 0 Å². The average molecular weight is 310 g/mol. The molecule has 4 N–H and O–H groups in total. The summed E-state index contributed by atoms with van der Waals surface area (Å²) in [6.45, 7) is 0. The molecule has 0 atom stereocenters. The predicted octanol–water partition coefficient (Wildman–Crippen LogP) is 1.43. The van der Waals surface area contributed by atoms with E-state index in [1.54, 1.807) is 0 Å². The van der Waals surface area contributed by atoms with Gasteiger partial charge in [-0.2, -0.15) is 0 Å². The van der Waals surface area contributed by atoms with Gasteiger partial charge in [-0.3, -0.25) is 4.79 Å². The van der Waals surface area contributed by atoms with Crippen molar-refractivity contribution in [1.82, 2.24) is 0 Å². The van der Waals surface area contributed by atoms with Crippen molar-refractivity contribution in [3.63, 3.8) is 0 Å². The van der Waals surface area contributed by atoms with Crippen molar-refractivity contribution in [2.24, 2.45) is 5.14 Å². The number of hydrogen-bond acceptors (Lipinski definition) is 4. The normalized spacial score (nSPS) is 11.1. The van der Waals surface area contributed by atoms with E-state index in [0.717, 1.165) is 18.2 Å². The molecule has 0 aliphatic rings. The highest BCUT2D eigenvalue weighted by Crippen LogP contribution is 2.18. The zero-order valence-corrected chi connectivity index (χ0v) is 11.4. The van der Waals surface area contributed by atoms with Gasteiger partial charge in [0.2, 0.25) is 10.0 Å². The maximum Gasteiger partial charge on any atom is 0.255 e. The summed E-state index contributed by atoms with van der Waals surface area (Å²) < 4.78 is 35.8. The predicted molar refractivity (Wildman–Crippen MR) is 73.8 cm³/mol. The van der Waals surface area contributed by atoms with E-state index in [-0.39, 0.29) is 17.0 Å². The minimum absolute atomic E-state index is 0.00573. The molecule has 110 valence electrons. The number of phenolic OH excluding ortho intramolecular Hbond substituents is 1. The number of rotatable bonds is 3. The van der Waals surface area contributed by atoms with Crippen LogP contribution >= 0.6 is 0 Å². The third-order valence-corrected chi connectivity index (χ3v) is 3.48. The molecule has 1 amide bonds. The number of amides is 1. The largest absolute Gasteiger partial charge is 0.508 e. The zero-order chi connectivity index (χ0) is 15.6. The Balaban J connectivity index is 2.29. The van der Waals surface area contributed by atoms with Gasteiger partial charge in [0.15, 0.2) is 0 Å². The molecule has 2 rings (SSSR count). The minimum Gasteiger partial charge on any atom is -0.508 e. The first-order valence-electron chi connectivity index (χ1n) is 5.69. The van der Waals surface area contributed by atoms with Crippen LogP contribution in [0.2, 0.25) is 0 Å². The van der Waals surface area contributed by atoms with Gasteiger partial charge in [0.05, 0.1) is 4.90 Å². The molecule has 0 saturated carbocycles. The molecular weight excluding hydrogens is 299 g/mol. The highest BCUT2D eigenvalue weighted by atomic mass is 32.2. The molecule has 0 fully saturated rings. The van der Waals surface area contributed by atoms with Crippen LogP contribution in [0.3, 0.4) is 0 Å². The number of nitrogens with one attached hydrogen (secondary N) is 1. The number of nitrogens with two attached hydrogens (primary N) is 1. The van der Waals surface area contributed by atoms with Crippen LogP contribution in [0.1, 0.15) is 10.4 Å². The van der Waals surface area contributed by atoms with E-state index in [1.807, 2.05) is 0 Å². The summed E-state index contributed by atoms with van der Waals surface area (Å²) in [6.07, 6.45) is 0. The lowest BCUT2D eigenvalue weighted by molar-refractivity contribution is 0.102. The molecule has 0 aliphatic carbocycles. The Kier molecular flexibility index (Phi) is 3.92. The molecule has 0 heterocycles. The number of carbonyl (C=O) groups excluding carboxylic acids is 1. The quantitative estimate of drug-likeness (QED) is 0.796. The monoisotopic (exact) mass is 310 g/mol. The molecule has 2 aromatic rings. The first-order chi connectivity index (χ1) is 9.75. The summed E-state index contributed by atoms with van der Waals surface area (Å²) >= 11 is 0. The molecule has 21 heavy (non-hydrogen) atoms. The van der Waals surface area contributed by atoms with E-state index in [2.05, 4.69) is 5.32 Å². The van der Waals surface area contributed by atoms with Gasteiger partial charge < -0.3 is 10.4 Å². The van der Waals surface area contributed by atoms with Crippen molar-refractivity contribution >= 4 is 21.6 Å². The molecule has 6 nitrogen and oxygen atoms in total. The minimum atomic E-state index is -4.08. The summed E-state index contributed by atoms with van der Waals surface area (Å²) in [6, 6.07) is 8.14.